The summed E-state index contributed by atoms with van der Waals surface area (Å²) in [6.07, 6.45) is 1.31. The monoisotopic (exact) mass is 510 g/mol. The number of halogens is 3. The first-order valence-electron chi connectivity index (χ1n) is 10.9. The highest BCUT2D eigenvalue weighted by Gasteiger charge is 2.22. The number of carbonyl (C=O) groups excluding carboxylic acids is 2. The molecular formula is C25H21ClF2N6O2. The molecule has 4 rings (SSSR count). The molecule has 4 aromatic rings. The molecule has 2 aromatic carbocycles. The van der Waals surface area contributed by atoms with Gasteiger partial charge in [0.05, 0.1) is 16.3 Å². The highest BCUT2D eigenvalue weighted by atomic mass is 35.5. The summed E-state index contributed by atoms with van der Waals surface area (Å²) in [5.74, 6) is -2.64. The van der Waals surface area contributed by atoms with E-state index in [1.54, 1.807) is 37.3 Å². The number of benzene rings is 2. The van der Waals surface area contributed by atoms with Crippen molar-refractivity contribution >= 4 is 29.2 Å². The summed E-state index contributed by atoms with van der Waals surface area (Å²) in [7, 11) is 0. The van der Waals surface area contributed by atoms with Crippen LogP contribution in [0.2, 0.25) is 5.02 Å². The van der Waals surface area contributed by atoms with Crippen molar-refractivity contribution in [3.05, 3.63) is 94.8 Å². The van der Waals surface area contributed by atoms with Crippen LogP contribution in [0.3, 0.4) is 0 Å². The minimum atomic E-state index is -0.837. The lowest BCUT2D eigenvalue weighted by molar-refractivity contribution is 0.0935. The van der Waals surface area contributed by atoms with E-state index in [1.165, 1.54) is 23.0 Å². The number of pyridine rings is 1. The molecule has 4 N–H and O–H groups in total. The first-order chi connectivity index (χ1) is 17.3. The summed E-state index contributed by atoms with van der Waals surface area (Å²) in [5.41, 5.74) is 5.57. The van der Waals surface area contributed by atoms with Crippen LogP contribution < -0.4 is 16.4 Å². The van der Waals surface area contributed by atoms with Crippen molar-refractivity contribution in [2.75, 3.05) is 11.9 Å². The molecule has 0 radical (unpaired) electrons. The lowest BCUT2D eigenvalue weighted by atomic mass is 10.1. The van der Waals surface area contributed by atoms with Crippen LogP contribution in [0.5, 0.6) is 0 Å². The van der Waals surface area contributed by atoms with Gasteiger partial charge in [-0.15, -0.1) is 0 Å². The van der Waals surface area contributed by atoms with E-state index in [1.807, 2.05) is 0 Å². The van der Waals surface area contributed by atoms with E-state index in [4.69, 9.17) is 17.3 Å². The van der Waals surface area contributed by atoms with E-state index in [0.29, 0.717) is 5.69 Å². The van der Waals surface area contributed by atoms with Gasteiger partial charge in [0.1, 0.15) is 23.1 Å². The third kappa shape index (κ3) is 5.24. The number of carbonyl (C=O) groups is 2. The van der Waals surface area contributed by atoms with Gasteiger partial charge in [0, 0.05) is 30.4 Å². The van der Waals surface area contributed by atoms with Crippen LogP contribution in [0, 0.1) is 11.6 Å². The van der Waals surface area contributed by atoms with Crippen molar-refractivity contribution < 1.29 is 18.4 Å². The molecule has 0 unspecified atom stereocenters. The molecule has 0 aliphatic carbocycles. The average molecular weight is 511 g/mol. The second-order valence-electron chi connectivity index (χ2n) is 7.87. The van der Waals surface area contributed by atoms with Crippen molar-refractivity contribution in [1.82, 2.24) is 20.1 Å². The Balaban J connectivity index is 1.72. The third-order valence-corrected chi connectivity index (χ3v) is 5.54. The van der Waals surface area contributed by atoms with Crippen molar-refractivity contribution in [3.63, 3.8) is 0 Å². The van der Waals surface area contributed by atoms with E-state index < -0.39 is 23.4 Å². The van der Waals surface area contributed by atoms with E-state index in [2.05, 4.69) is 20.7 Å². The van der Waals surface area contributed by atoms with E-state index in [0.717, 1.165) is 18.2 Å². The lowest BCUT2D eigenvalue weighted by Crippen LogP contribution is -2.38. The van der Waals surface area contributed by atoms with Crippen LogP contribution in [0.1, 0.15) is 27.8 Å². The molecule has 0 spiro atoms. The molecule has 2 aromatic heterocycles. The van der Waals surface area contributed by atoms with Gasteiger partial charge < -0.3 is 16.4 Å². The minimum Gasteiger partial charge on any atom is -0.347 e. The Bertz CT molecular complexity index is 1430. The fourth-order valence-corrected chi connectivity index (χ4v) is 3.61. The number of hydrogen-bond donors (Lipinski definition) is 3. The molecule has 0 aliphatic heterocycles. The Labute approximate surface area is 210 Å². The van der Waals surface area contributed by atoms with Gasteiger partial charge in [0.15, 0.2) is 5.69 Å². The molecule has 0 fully saturated rings. The summed E-state index contributed by atoms with van der Waals surface area (Å²) < 4.78 is 30.2. The zero-order valence-electron chi connectivity index (χ0n) is 19.0. The Morgan fingerprint density at radius 3 is 2.50 bits per heavy atom. The smallest absolute Gasteiger partial charge is 0.272 e. The molecule has 0 bridgehead atoms. The maximum absolute atomic E-state index is 14.6. The summed E-state index contributed by atoms with van der Waals surface area (Å²) in [5, 5.41) is 9.50. The van der Waals surface area contributed by atoms with Crippen molar-refractivity contribution in [2.24, 2.45) is 5.73 Å². The molecule has 11 heteroatoms. The molecule has 0 saturated carbocycles. The van der Waals surface area contributed by atoms with Crippen LogP contribution in [0.25, 0.3) is 16.9 Å². The van der Waals surface area contributed by atoms with Gasteiger partial charge in [-0.25, -0.2) is 13.5 Å². The molecule has 36 heavy (non-hydrogen) atoms. The molecule has 8 nitrogen and oxygen atoms in total. The van der Waals surface area contributed by atoms with Gasteiger partial charge in [-0.3, -0.25) is 14.6 Å². The maximum atomic E-state index is 14.6. The first kappa shape index (κ1) is 25.0. The van der Waals surface area contributed by atoms with Crippen LogP contribution >= 0.6 is 11.6 Å². The fourth-order valence-electron chi connectivity index (χ4n) is 3.38. The van der Waals surface area contributed by atoms with Crippen LogP contribution in [0.15, 0.2) is 66.9 Å². The molecule has 1 atom stereocenters. The average Bonchev–Trinajstić information content (AvgIpc) is 3.29. The highest BCUT2D eigenvalue weighted by molar-refractivity contribution is 6.34. The molecule has 2 heterocycles. The van der Waals surface area contributed by atoms with E-state index in [-0.39, 0.29) is 45.9 Å². The number of hydrogen-bond acceptors (Lipinski definition) is 5. The van der Waals surface area contributed by atoms with Gasteiger partial charge in [-0.1, -0.05) is 29.8 Å². The lowest BCUT2D eigenvalue weighted by Gasteiger charge is -2.12. The second kappa shape index (κ2) is 10.6. The zero-order chi connectivity index (χ0) is 25.8. The van der Waals surface area contributed by atoms with Crippen LogP contribution in [0.4, 0.5) is 14.6 Å². The Morgan fingerprint density at radius 1 is 1.06 bits per heavy atom. The maximum Gasteiger partial charge on any atom is 0.272 e. The number of amides is 2. The largest absolute Gasteiger partial charge is 0.347 e. The summed E-state index contributed by atoms with van der Waals surface area (Å²) in [4.78, 5) is 29.7. The van der Waals surface area contributed by atoms with Crippen LogP contribution in [-0.4, -0.2) is 39.2 Å². The molecule has 0 saturated heterocycles. The number of nitrogens with zero attached hydrogens (tertiary/aromatic N) is 3. The summed E-state index contributed by atoms with van der Waals surface area (Å²) >= 11 is 6.16. The number of para-hydroxylation sites is 1. The molecular weight excluding hydrogens is 490 g/mol. The second-order valence-corrected chi connectivity index (χ2v) is 8.28. The molecule has 184 valence electrons. The normalized spacial score (nSPS) is 11.7. The van der Waals surface area contributed by atoms with Gasteiger partial charge in [0.2, 0.25) is 0 Å². The first-order valence-corrected chi connectivity index (χ1v) is 11.2. The van der Waals surface area contributed by atoms with Gasteiger partial charge >= 0.3 is 0 Å². The number of nitrogens with two attached hydrogens (primary N) is 1. The summed E-state index contributed by atoms with van der Waals surface area (Å²) in [6.45, 7) is 1.98. The van der Waals surface area contributed by atoms with Gasteiger partial charge in [-0.05, 0) is 43.3 Å². The van der Waals surface area contributed by atoms with Crippen molar-refractivity contribution in [3.8, 4) is 16.9 Å². The van der Waals surface area contributed by atoms with E-state index >= 15 is 0 Å². The minimum absolute atomic E-state index is 0.0379. The predicted molar refractivity (Wildman–Crippen MR) is 132 cm³/mol. The fraction of sp³-hybridized carbons (Fsp3) is 0.120. The Morgan fingerprint density at radius 2 is 1.81 bits per heavy atom. The standard InChI is InChI=1S/C25H21ClF2N6O2/c1-14(13-29)31-25(36)21-12-22(34(33-21)15-6-3-2-4-7-15)32-24(35)16-10-17(20(28)11-18(16)26)23-19(27)8-5-9-30-23/h2-12,14H,13,29H2,1H3,(H,31,36)(H,32,35)/t14-/m1/s1. The van der Waals surface area contributed by atoms with Crippen molar-refractivity contribution in [1.29, 1.82) is 0 Å². The topological polar surface area (TPSA) is 115 Å². The third-order valence-electron chi connectivity index (χ3n) is 5.23. The summed E-state index contributed by atoms with van der Waals surface area (Å²) in [6, 6.07) is 14.4. The Hall–Kier alpha value is -4.15. The number of nitrogens with one attached hydrogen (secondary N) is 2. The number of anilines is 1. The van der Waals surface area contributed by atoms with Crippen molar-refractivity contribution in [2.45, 2.75) is 13.0 Å². The quantitative estimate of drug-likeness (QED) is 0.345. The molecule has 2 amide bonds. The Kier molecular flexibility index (Phi) is 7.37. The van der Waals surface area contributed by atoms with E-state index in [9.17, 15) is 18.4 Å². The SMILES string of the molecule is C[C@H](CN)NC(=O)c1cc(NC(=O)c2cc(-c3ncccc3F)c(F)cc2Cl)n(-c2ccccc2)n1. The van der Waals surface area contributed by atoms with Gasteiger partial charge in [-0.2, -0.15) is 5.10 Å². The predicted octanol–water partition coefficient (Wildman–Crippen LogP) is 4.20. The molecule has 0 aliphatic rings. The van der Waals surface area contributed by atoms with Crippen LogP contribution in [-0.2, 0) is 0 Å². The number of aromatic nitrogens is 3. The zero-order valence-corrected chi connectivity index (χ0v) is 19.8. The highest BCUT2D eigenvalue weighted by Crippen LogP contribution is 2.30. The van der Waals surface area contributed by atoms with Gasteiger partial charge in [0.25, 0.3) is 11.8 Å². The number of rotatable bonds is 7.